The van der Waals surface area contributed by atoms with Crippen LogP contribution in [-0.2, 0) is 27.6 Å². The quantitative estimate of drug-likeness (QED) is 0.171. The van der Waals surface area contributed by atoms with Gasteiger partial charge in [-0.3, -0.25) is 14.5 Å². The highest BCUT2D eigenvalue weighted by Gasteiger charge is 2.40. The number of fused-ring (bicyclic) bond motifs is 1. The number of amides is 3. The van der Waals surface area contributed by atoms with Gasteiger partial charge in [0.25, 0.3) is 11.8 Å². The van der Waals surface area contributed by atoms with E-state index in [4.69, 9.17) is 4.74 Å². The van der Waals surface area contributed by atoms with Crippen molar-refractivity contribution in [3.05, 3.63) is 94.6 Å². The molecule has 0 saturated carbocycles. The average molecular weight is 696 g/mol. The molecular weight excluding hydrogens is 652 g/mol. The molecule has 0 bridgehead atoms. The molecule has 3 amide bonds. The second-order valence-electron chi connectivity index (χ2n) is 13.6. The van der Waals surface area contributed by atoms with Crippen LogP contribution in [0.2, 0.25) is 0 Å². The molecule has 0 radical (unpaired) electrons. The predicted molar refractivity (Wildman–Crippen MR) is 183 cm³/mol. The van der Waals surface area contributed by atoms with Gasteiger partial charge in [0.05, 0.1) is 22.9 Å². The normalized spacial score (nSPS) is 17.9. The fourth-order valence-corrected chi connectivity index (χ4v) is 7.42. The van der Waals surface area contributed by atoms with Crippen LogP contribution in [0.25, 0.3) is 11.1 Å². The highest BCUT2D eigenvalue weighted by molar-refractivity contribution is 7.89. The van der Waals surface area contributed by atoms with Crippen LogP contribution in [0.1, 0.15) is 85.2 Å². The van der Waals surface area contributed by atoms with E-state index < -0.39 is 45.4 Å². The summed E-state index contributed by atoms with van der Waals surface area (Å²) in [6.07, 6.45) is 2.17. The molecule has 2 unspecified atom stereocenters. The minimum atomic E-state index is -3.56. The van der Waals surface area contributed by atoms with Crippen LogP contribution in [0.4, 0.5) is 13.6 Å². The summed E-state index contributed by atoms with van der Waals surface area (Å²) in [5.74, 6) is -2.11. The van der Waals surface area contributed by atoms with Gasteiger partial charge < -0.3 is 9.64 Å². The fourth-order valence-electron chi connectivity index (χ4n) is 6.52. The number of carbonyl (C=O) groups is 3. The van der Waals surface area contributed by atoms with E-state index in [0.29, 0.717) is 66.5 Å². The molecular formula is C37H43F2N3O6S. The van der Waals surface area contributed by atoms with E-state index in [0.717, 1.165) is 11.6 Å². The molecule has 0 aromatic heterocycles. The molecule has 3 aromatic carbocycles. The SMILES string of the molecule is CCS(=O)(=O)NC1CCN(C(=O)OC(C)(C)C)C1Cc1cccc(-c2cc(F)cc(F)c2CCCCCN2C(=O)c3ccccc3C2=O)c1. The first-order valence-electron chi connectivity index (χ1n) is 16.7. The first-order valence-corrected chi connectivity index (χ1v) is 18.3. The van der Waals surface area contributed by atoms with E-state index in [1.165, 1.54) is 11.0 Å². The zero-order valence-electron chi connectivity index (χ0n) is 28.3. The number of carbonyl (C=O) groups excluding carboxylic acids is 3. The van der Waals surface area contributed by atoms with E-state index in [2.05, 4.69) is 4.72 Å². The highest BCUT2D eigenvalue weighted by atomic mass is 32.2. The van der Waals surface area contributed by atoms with Gasteiger partial charge in [-0.2, -0.15) is 0 Å². The Balaban J connectivity index is 1.30. The summed E-state index contributed by atoms with van der Waals surface area (Å²) in [6.45, 7) is 7.40. The Hall–Kier alpha value is -4.16. The fraction of sp³-hybridized carbons (Fsp3) is 0.432. The first-order chi connectivity index (χ1) is 23.2. The Bertz CT molecular complexity index is 1810. The van der Waals surface area contributed by atoms with E-state index in [1.807, 2.05) is 12.1 Å². The number of hydrogen-bond donors (Lipinski definition) is 1. The van der Waals surface area contributed by atoms with E-state index >= 15 is 4.39 Å². The van der Waals surface area contributed by atoms with Gasteiger partial charge in [-0.15, -0.1) is 0 Å². The molecule has 0 spiro atoms. The number of benzene rings is 3. The van der Waals surface area contributed by atoms with Crippen LogP contribution in [0.3, 0.4) is 0 Å². The third-order valence-corrected chi connectivity index (χ3v) is 10.3. The number of unbranched alkanes of at least 4 members (excludes halogenated alkanes) is 2. The number of ether oxygens (including phenoxy) is 1. The largest absolute Gasteiger partial charge is 0.444 e. The van der Waals surface area contributed by atoms with Crippen molar-refractivity contribution in [3.8, 4) is 11.1 Å². The number of rotatable bonds is 12. The van der Waals surface area contributed by atoms with Gasteiger partial charge >= 0.3 is 6.09 Å². The summed E-state index contributed by atoms with van der Waals surface area (Å²) in [5.41, 5.74) is 2.16. The maximum absolute atomic E-state index is 15.3. The van der Waals surface area contributed by atoms with Crippen molar-refractivity contribution < 1.29 is 36.3 Å². The number of likely N-dealkylation sites (tertiary alicyclic amines) is 1. The zero-order chi connectivity index (χ0) is 35.5. The Morgan fingerprint density at radius 2 is 1.63 bits per heavy atom. The minimum absolute atomic E-state index is 0.102. The third-order valence-electron chi connectivity index (χ3n) is 8.91. The smallest absolute Gasteiger partial charge is 0.410 e. The molecule has 3 aromatic rings. The van der Waals surface area contributed by atoms with Gasteiger partial charge in [-0.1, -0.05) is 42.8 Å². The summed E-state index contributed by atoms with van der Waals surface area (Å²) in [4.78, 5) is 41.3. The molecule has 2 aliphatic heterocycles. The first kappa shape index (κ1) is 36.1. The van der Waals surface area contributed by atoms with Crippen molar-refractivity contribution in [3.63, 3.8) is 0 Å². The Morgan fingerprint density at radius 3 is 2.29 bits per heavy atom. The summed E-state index contributed by atoms with van der Waals surface area (Å²) >= 11 is 0. The second-order valence-corrected chi connectivity index (χ2v) is 15.6. The number of nitrogens with zero attached hydrogens (tertiary/aromatic N) is 2. The average Bonchev–Trinajstić information content (AvgIpc) is 3.53. The van der Waals surface area contributed by atoms with Crippen LogP contribution in [0.15, 0.2) is 60.7 Å². The standard InChI is InChI=1S/C37H43F2N3O6S/c1-5-49(46,47)40-32-17-19-41(36(45)48-37(2,3)4)33(32)21-24-12-11-13-25(20-24)30-22-26(38)23-31(39)27(30)14-7-6-10-18-42-34(43)28-15-8-9-16-29(28)35(42)44/h8-9,11-13,15-16,20,22-23,32-33,40H,5-7,10,14,17-19,21H2,1-4H3. The molecule has 1 N–H and O–H groups in total. The highest BCUT2D eigenvalue weighted by Crippen LogP contribution is 2.32. The molecule has 2 atom stereocenters. The van der Waals surface area contributed by atoms with Crippen molar-refractivity contribution in [2.24, 2.45) is 0 Å². The van der Waals surface area contributed by atoms with E-state index in [1.54, 1.807) is 69.0 Å². The lowest BCUT2D eigenvalue weighted by atomic mass is 9.92. The van der Waals surface area contributed by atoms with Crippen molar-refractivity contribution in [2.75, 3.05) is 18.8 Å². The Kier molecular flexibility index (Phi) is 10.9. The van der Waals surface area contributed by atoms with Crippen LogP contribution >= 0.6 is 0 Å². The molecule has 2 heterocycles. The number of halogens is 2. The maximum Gasteiger partial charge on any atom is 0.410 e. The Morgan fingerprint density at radius 1 is 0.939 bits per heavy atom. The summed E-state index contributed by atoms with van der Waals surface area (Å²) < 4.78 is 63.3. The summed E-state index contributed by atoms with van der Waals surface area (Å²) in [6, 6.07) is 15.0. The topological polar surface area (TPSA) is 113 Å². The minimum Gasteiger partial charge on any atom is -0.444 e. The Labute approximate surface area is 286 Å². The maximum atomic E-state index is 15.3. The molecule has 2 aliphatic rings. The predicted octanol–water partition coefficient (Wildman–Crippen LogP) is 6.50. The van der Waals surface area contributed by atoms with Crippen molar-refractivity contribution in [1.82, 2.24) is 14.5 Å². The van der Waals surface area contributed by atoms with Gasteiger partial charge in [-0.05, 0) is 100 Å². The lowest BCUT2D eigenvalue weighted by Crippen LogP contribution is -2.49. The van der Waals surface area contributed by atoms with Crippen molar-refractivity contribution in [2.45, 2.75) is 83.9 Å². The van der Waals surface area contributed by atoms with Crippen LogP contribution in [0, 0.1) is 11.6 Å². The molecule has 9 nitrogen and oxygen atoms in total. The van der Waals surface area contributed by atoms with Gasteiger partial charge in [0.1, 0.15) is 17.2 Å². The zero-order valence-corrected chi connectivity index (χ0v) is 29.1. The van der Waals surface area contributed by atoms with Gasteiger partial charge in [-0.25, -0.2) is 26.7 Å². The number of sulfonamides is 1. The monoisotopic (exact) mass is 695 g/mol. The third kappa shape index (κ3) is 8.53. The van der Waals surface area contributed by atoms with Gasteiger partial charge in [0.2, 0.25) is 10.0 Å². The van der Waals surface area contributed by atoms with Crippen molar-refractivity contribution in [1.29, 1.82) is 0 Å². The van der Waals surface area contributed by atoms with Gasteiger partial charge in [0, 0.05) is 25.2 Å². The molecule has 5 rings (SSSR count). The molecule has 1 fully saturated rings. The molecule has 49 heavy (non-hydrogen) atoms. The van der Waals surface area contributed by atoms with Crippen molar-refractivity contribution >= 4 is 27.9 Å². The lowest BCUT2D eigenvalue weighted by molar-refractivity contribution is 0.0218. The van der Waals surface area contributed by atoms with Gasteiger partial charge in [0.15, 0.2) is 0 Å². The van der Waals surface area contributed by atoms with Crippen LogP contribution in [0.5, 0.6) is 0 Å². The number of hydrogen-bond acceptors (Lipinski definition) is 6. The molecule has 262 valence electrons. The van der Waals surface area contributed by atoms with Crippen LogP contribution in [-0.4, -0.2) is 72.7 Å². The summed E-state index contributed by atoms with van der Waals surface area (Å²) in [7, 11) is -3.56. The number of nitrogens with one attached hydrogen (secondary N) is 1. The van der Waals surface area contributed by atoms with E-state index in [9.17, 15) is 27.2 Å². The summed E-state index contributed by atoms with van der Waals surface area (Å²) in [5, 5.41) is 0. The molecule has 12 heteroatoms. The molecule has 1 saturated heterocycles. The van der Waals surface area contributed by atoms with E-state index in [-0.39, 0.29) is 30.5 Å². The molecule has 0 aliphatic carbocycles. The number of imide groups is 1. The second kappa shape index (κ2) is 14.8. The lowest BCUT2D eigenvalue weighted by Gasteiger charge is -2.31. The van der Waals surface area contributed by atoms with Crippen LogP contribution < -0.4 is 4.72 Å².